The smallest absolute Gasteiger partial charge is 0.272 e. The third-order valence-corrected chi connectivity index (χ3v) is 3.90. The maximum Gasteiger partial charge on any atom is 0.272 e. The molecule has 25 heavy (non-hydrogen) atoms. The fourth-order valence-electron chi connectivity index (χ4n) is 2.69. The lowest BCUT2D eigenvalue weighted by Crippen LogP contribution is -2.13. The summed E-state index contributed by atoms with van der Waals surface area (Å²) in [7, 11) is 0. The molecule has 0 unspecified atom stereocenters. The highest BCUT2D eigenvalue weighted by molar-refractivity contribution is 6.06. The summed E-state index contributed by atoms with van der Waals surface area (Å²) in [6.45, 7) is 3.97. The second-order valence-corrected chi connectivity index (χ2v) is 6.11. The molecule has 5 heteroatoms. The summed E-state index contributed by atoms with van der Waals surface area (Å²) in [6.07, 6.45) is 1.27. The predicted octanol–water partition coefficient (Wildman–Crippen LogP) is 4.47. The Balaban J connectivity index is 1.74. The molecule has 0 aliphatic heterocycles. The van der Waals surface area contributed by atoms with Crippen LogP contribution in [0.3, 0.4) is 0 Å². The molecule has 2 aromatic carbocycles. The highest BCUT2D eigenvalue weighted by Crippen LogP contribution is 2.19. The molecule has 0 bridgehead atoms. The van der Waals surface area contributed by atoms with Crippen molar-refractivity contribution in [3.8, 4) is 0 Å². The SMILES string of the molecule is CCCC(=O)Nc1cccc(NC(=O)c2cc3ccc(C)cc3[nH]2)c1. The number of anilines is 2. The van der Waals surface area contributed by atoms with Crippen LogP contribution in [0.25, 0.3) is 10.9 Å². The number of nitrogens with one attached hydrogen (secondary N) is 3. The number of aryl methyl sites for hydroxylation is 1. The van der Waals surface area contributed by atoms with E-state index in [1.165, 1.54) is 0 Å². The molecule has 1 heterocycles. The fourth-order valence-corrected chi connectivity index (χ4v) is 2.69. The van der Waals surface area contributed by atoms with Gasteiger partial charge >= 0.3 is 0 Å². The quantitative estimate of drug-likeness (QED) is 0.643. The summed E-state index contributed by atoms with van der Waals surface area (Å²) in [6, 6.07) is 15.0. The molecule has 1 aromatic heterocycles. The molecule has 0 saturated heterocycles. The molecule has 3 N–H and O–H groups in total. The van der Waals surface area contributed by atoms with Crippen LogP contribution >= 0.6 is 0 Å². The topological polar surface area (TPSA) is 74.0 Å². The van der Waals surface area contributed by atoms with Gasteiger partial charge in [0.1, 0.15) is 5.69 Å². The normalized spacial score (nSPS) is 10.6. The van der Waals surface area contributed by atoms with Crippen LogP contribution in [0.5, 0.6) is 0 Å². The molecule has 0 atom stereocenters. The Bertz CT molecular complexity index is 928. The van der Waals surface area contributed by atoms with Crippen LogP contribution in [0.4, 0.5) is 11.4 Å². The van der Waals surface area contributed by atoms with Gasteiger partial charge in [0.15, 0.2) is 0 Å². The Hall–Kier alpha value is -3.08. The van der Waals surface area contributed by atoms with Crippen LogP contribution in [0.15, 0.2) is 48.5 Å². The molecule has 0 aliphatic carbocycles. The number of hydrogen-bond acceptors (Lipinski definition) is 2. The van der Waals surface area contributed by atoms with Crippen molar-refractivity contribution in [2.75, 3.05) is 10.6 Å². The Morgan fingerprint density at radius 2 is 1.76 bits per heavy atom. The molecule has 0 spiro atoms. The van der Waals surface area contributed by atoms with Crippen molar-refractivity contribution in [1.82, 2.24) is 4.98 Å². The predicted molar refractivity (Wildman–Crippen MR) is 101 cm³/mol. The number of amides is 2. The highest BCUT2D eigenvalue weighted by Gasteiger charge is 2.10. The largest absolute Gasteiger partial charge is 0.351 e. The lowest BCUT2D eigenvalue weighted by molar-refractivity contribution is -0.116. The minimum absolute atomic E-state index is 0.0306. The van der Waals surface area contributed by atoms with Gasteiger partial charge in [0.25, 0.3) is 5.91 Å². The molecule has 0 radical (unpaired) electrons. The van der Waals surface area contributed by atoms with Crippen LogP contribution in [0, 0.1) is 6.92 Å². The summed E-state index contributed by atoms with van der Waals surface area (Å²) in [5.74, 6) is -0.247. The van der Waals surface area contributed by atoms with Gasteiger partial charge in [-0.15, -0.1) is 0 Å². The van der Waals surface area contributed by atoms with E-state index >= 15 is 0 Å². The molecule has 2 amide bonds. The van der Waals surface area contributed by atoms with Crippen LogP contribution in [-0.2, 0) is 4.79 Å². The molecule has 0 saturated carbocycles. The average Bonchev–Trinajstić information content (AvgIpc) is 2.98. The van der Waals surface area contributed by atoms with Crippen LogP contribution in [0.2, 0.25) is 0 Å². The second-order valence-electron chi connectivity index (χ2n) is 6.11. The van der Waals surface area contributed by atoms with E-state index in [9.17, 15) is 9.59 Å². The Morgan fingerprint density at radius 1 is 1.00 bits per heavy atom. The van der Waals surface area contributed by atoms with E-state index in [0.29, 0.717) is 23.5 Å². The van der Waals surface area contributed by atoms with Crippen molar-refractivity contribution in [3.05, 3.63) is 59.8 Å². The third-order valence-electron chi connectivity index (χ3n) is 3.90. The van der Waals surface area contributed by atoms with E-state index in [1.54, 1.807) is 24.3 Å². The van der Waals surface area contributed by atoms with Crippen LogP contribution < -0.4 is 10.6 Å². The van der Waals surface area contributed by atoms with E-state index in [1.807, 2.05) is 38.1 Å². The monoisotopic (exact) mass is 335 g/mol. The number of benzene rings is 2. The van der Waals surface area contributed by atoms with Gasteiger partial charge in [0.2, 0.25) is 5.91 Å². The first-order valence-electron chi connectivity index (χ1n) is 8.36. The van der Waals surface area contributed by atoms with E-state index < -0.39 is 0 Å². The summed E-state index contributed by atoms with van der Waals surface area (Å²) in [4.78, 5) is 27.3. The van der Waals surface area contributed by atoms with Crippen molar-refractivity contribution < 1.29 is 9.59 Å². The minimum Gasteiger partial charge on any atom is -0.351 e. The number of fused-ring (bicyclic) bond motifs is 1. The maximum absolute atomic E-state index is 12.5. The molecular formula is C20H21N3O2. The van der Waals surface area contributed by atoms with Crippen molar-refractivity contribution in [2.24, 2.45) is 0 Å². The zero-order valence-corrected chi connectivity index (χ0v) is 14.3. The first kappa shape index (κ1) is 16.8. The molecular weight excluding hydrogens is 314 g/mol. The number of aromatic nitrogens is 1. The van der Waals surface area contributed by atoms with Gasteiger partial charge in [-0.2, -0.15) is 0 Å². The minimum atomic E-state index is -0.217. The molecule has 128 valence electrons. The van der Waals surface area contributed by atoms with Gasteiger partial charge in [-0.25, -0.2) is 0 Å². The number of H-pyrrole nitrogens is 1. The van der Waals surface area contributed by atoms with Crippen molar-refractivity contribution in [2.45, 2.75) is 26.7 Å². The first-order valence-corrected chi connectivity index (χ1v) is 8.36. The van der Waals surface area contributed by atoms with Gasteiger partial charge in [0, 0.05) is 28.7 Å². The lowest BCUT2D eigenvalue weighted by atomic mass is 10.2. The maximum atomic E-state index is 12.5. The first-order chi connectivity index (χ1) is 12.0. The lowest BCUT2D eigenvalue weighted by Gasteiger charge is -2.08. The number of carbonyl (C=O) groups is 2. The molecule has 3 rings (SSSR count). The average molecular weight is 335 g/mol. The Labute approximate surface area is 146 Å². The van der Waals surface area contributed by atoms with Gasteiger partial charge in [0.05, 0.1) is 0 Å². The standard InChI is InChI=1S/C20H21N3O2/c1-3-5-19(24)21-15-6-4-7-16(12-15)22-20(25)18-11-14-9-8-13(2)10-17(14)23-18/h4,6-12,23H,3,5H2,1-2H3,(H,21,24)(H,22,25). The second kappa shape index (κ2) is 7.21. The van der Waals surface area contributed by atoms with E-state index in [-0.39, 0.29) is 11.8 Å². The fraction of sp³-hybridized carbons (Fsp3) is 0.200. The van der Waals surface area contributed by atoms with E-state index in [2.05, 4.69) is 15.6 Å². The van der Waals surface area contributed by atoms with Gasteiger partial charge < -0.3 is 15.6 Å². The summed E-state index contributed by atoms with van der Waals surface area (Å²) in [5.41, 5.74) is 3.88. The summed E-state index contributed by atoms with van der Waals surface area (Å²) >= 11 is 0. The van der Waals surface area contributed by atoms with E-state index in [4.69, 9.17) is 0 Å². The van der Waals surface area contributed by atoms with Gasteiger partial charge in [-0.1, -0.05) is 25.1 Å². The molecule has 0 fully saturated rings. The zero-order valence-electron chi connectivity index (χ0n) is 14.3. The number of hydrogen-bond donors (Lipinski definition) is 3. The molecule has 0 aliphatic rings. The van der Waals surface area contributed by atoms with Crippen molar-refractivity contribution in [1.29, 1.82) is 0 Å². The van der Waals surface area contributed by atoms with Crippen LogP contribution in [-0.4, -0.2) is 16.8 Å². The third kappa shape index (κ3) is 4.07. The van der Waals surface area contributed by atoms with Crippen molar-refractivity contribution >= 4 is 34.1 Å². The van der Waals surface area contributed by atoms with Crippen molar-refractivity contribution in [3.63, 3.8) is 0 Å². The summed E-state index contributed by atoms with van der Waals surface area (Å²) < 4.78 is 0. The number of carbonyl (C=O) groups excluding carboxylic acids is 2. The summed E-state index contributed by atoms with van der Waals surface area (Å²) in [5, 5.41) is 6.68. The molecule has 5 nitrogen and oxygen atoms in total. The molecule has 3 aromatic rings. The number of rotatable bonds is 5. The Kier molecular flexibility index (Phi) is 4.84. The van der Waals surface area contributed by atoms with Crippen LogP contribution in [0.1, 0.15) is 35.8 Å². The zero-order chi connectivity index (χ0) is 17.8. The van der Waals surface area contributed by atoms with Gasteiger partial charge in [-0.05, 0) is 49.2 Å². The van der Waals surface area contributed by atoms with Gasteiger partial charge in [-0.3, -0.25) is 9.59 Å². The van der Waals surface area contributed by atoms with E-state index in [0.717, 1.165) is 22.9 Å². The number of aromatic amines is 1. The highest BCUT2D eigenvalue weighted by atomic mass is 16.2. The Morgan fingerprint density at radius 3 is 2.52 bits per heavy atom.